The lowest BCUT2D eigenvalue weighted by molar-refractivity contribution is 0.0697. The molecule has 0 aliphatic heterocycles. The molecule has 7 nitrogen and oxygen atoms in total. The van der Waals surface area contributed by atoms with Crippen LogP contribution in [0.4, 0.5) is 17.5 Å². The van der Waals surface area contributed by atoms with Crippen molar-refractivity contribution >= 4 is 23.4 Å². The molecule has 1 aromatic heterocycles. The van der Waals surface area contributed by atoms with E-state index in [1.165, 1.54) is 6.07 Å². The van der Waals surface area contributed by atoms with E-state index in [2.05, 4.69) is 20.6 Å². The predicted molar refractivity (Wildman–Crippen MR) is 99.0 cm³/mol. The summed E-state index contributed by atoms with van der Waals surface area (Å²) >= 11 is 0. The van der Waals surface area contributed by atoms with Gasteiger partial charge in [0.1, 0.15) is 11.6 Å². The summed E-state index contributed by atoms with van der Waals surface area (Å²) in [5, 5.41) is 15.3. The fourth-order valence-electron chi connectivity index (χ4n) is 2.41. The summed E-state index contributed by atoms with van der Waals surface area (Å²) in [6.07, 6.45) is 1.63. The summed E-state index contributed by atoms with van der Waals surface area (Å²) in [7, 11) is 1.63. The SMILES string of the molecule is COc1ccccc1CNc1nccc(Nc2cccc(C(=O)O)c2)n1. The number of methoxy groups -OCH3 is 1. The van der Waals surface area contributed by atoms with E-state index in [1.807, 2.05) is 24.3 Å². The molecular formula is C19H18N4O3. The quantitative estimate of drug-likeness (QED) is 0.600. The van der Waals surface area contributed by atoms with Gasteiger partial charge in [-0.25, -0.2) is 9.78 Å². The first-order chi connectivity index (χ1) is 12.7. The third-order valence-electron chi connectivity index (χ3n) is 3.67. The maximum absolute atomic E-state index is 11.1. The molecule has 1 heterocycles. The molecule has 0 bridgehead atoms. The van der Waals surface area contributed by atoms with Crippen molar-refractivity contribution in [2.45, 2.75) is 6.54 Å². The molecule has 0 spiro atoms. The van der Waals surface area contributed by atoms with Crippen LogP contribution in [0.2, 0.25) is 0 Å². The molecule has 0 radical (unpaired) electrons. The zero-order valence-electron chi connectivity index (χ0n) is 14.1. The Bertz CT molecular complexity index is 915. The topological polar surface area (TPSA) is 96.4 Å². The largest absolute Gasteiger partial charge is 0.496 e. The Morgan fingerprint density at radius 2 is 2.00 bits per heavy atom. The second-order valence-electron chi connectivity index (χ2n) is 5.44. The third kappa shape index (κ3) is 4.27. The summed E-state index contributed by atoms with van der Waals surface area (Å²) in [6.45, 7) is 0.516. The molecule has 0 unspecified atom stereocenters. The van der Waals surface area contributed by atoms with Gasteiger partial charge in [-0.3, -0.25) is 0 Å². The van der Waals surface area contributed by atoms with Crippen molar-refractivity contribution in [3.63, 3.8) is 0 Å². The van der Waals surface area contributed by atoms with E-state index in [1.54, 1.807) is 37.6 Å². The van der Waals surface area contributed by atoms with E-state index >= 15 is 0 Å². The number of aromatic nitrogens is 2. The average Bonchev–Trinajstić information content (AvgIpc) is 2.67. The normalized spacial score (nSPS) is 10.2. The number of aromatic carboxylic acids is 1. The lowest BCUT2D eigenvalue weighted by Crippen LogP contribution is -2.06. The number of carboxylic acid groups (broad SMARTS) is 1. The number of ether oxygens (including phenoxy) is 1. The number of carbonyl (C=O) groups is 1. The van der Waals surface area contributed by atoms with Gasteiger partial charge in [0.2, 0.25) is 5.95 Å². The van der Waals surface area contributed by atoms with Crippen LogP contribution in [0.5, 0.6) is 5.75 Å². The molecule has 3 N–H and O–H groups in total. The predicted octanol–water partition coefficient (Wildman–Crippen LogP) is 3.54. The molecule has 0 fully saturated rings. The zero-order valence-corrected chi connectivity index (χ0v) is 14.1. The van der Waals surface area contributed by atoms with Crippen LogP contribution >= 0.6 is 0 Å². The van der Waals surface area contributed by atoms with Crippen LogP contribution in [0.3, 0.4) is 0 Å². The number of carboxylic acids is 1. The van der Waals surface area contributed by atoms with Gasteiger partial charge < -0.3 is 20.5 Å². The second-order valence-corrected chi connectivity index (χ2v) is 5.44. The van der Waals surface area contributed by atoms with Gasteiger partial charge in [-0.15, -0.1) is 0 Å². The fourth-order valence-corrected chi connectivity index (χ4v) is 2.41. The molecule has 2 aromatic carbocycles. The Morgan fingerprint density at radius 1 is 1.15 bits per heavy atom. The van der Waals surface area contributed by atoms with Crippen molar-refractivity contribution in [3.8, 4) is 5.75 Å². The lowest BCUT2D eigenvalue weighted by atomic mass is 10.2. The lowest BCUT2D eigenvalue weighted by Gasteiger charge is -2.11. The molecule has 0 saturated carbocycles. The van der Waals surface area contributed by atoms with E-state index in [-0.39, 0.29) is 5.56 Å². The minimum Gasteiger partial charge on any atom is -0.496 e. The summed E-state index contributed by atoms with van der Waals surface area (Å²) < 4.78 is 5.33. The van der Waals surface area contributed by atoms with Gasteiger partial charge in [-0.2, -0.15) is 4.98 Å². The standard InChI is InChI=1S/C19H18N4O3/c1-26-16-8-3-2-5-14(16)12-21-19-20-10-9-17(23-19)22-15-7-4-6-13(11-15)18(24)25/h2-11H,12H2,1H3,(H,24,25)(H2,20,21,22,23). The van der Waals surface area contributed by atoms with Crippen LogP contribution < -0.4 is 15.4 Å². The Morgan fingerprint density at radius 3 is 2.81 bits per heavy atom. The highest BCUT2D eigenvalue weighted by Gasteiger charge is 2.06. The van der Waals surface area contributed by atoms with Crippen molar-refractivity contribution in [1.29, 1.82) is 0 Å². The van der Waals surface area contributed by atoms with E-state index in [9.17, 15) is 4.79 Å². The van der Waals surface area contributed by atoms with Crippen LogP contribution in [-0.4, -0.2) is 28.2 Å². The van der Waals surface area contributed by atoms with E-state index in [0.717, 1.165) is 11.3 Å². The summed E-state index contributed by atoms with van der Waals surface area (Å²) in [6, 6.07) is 15.9. The maximum Gasteiger partial charge on any atom is 0.335 e. The molecule has 3 rings (SSSR count). The smallest absolute Gasteiger partial charge is 0.335 e. The molecular weight excluding hydrogens is 332 g/mol. The summed E-state index contributed by atoms with van der Waals surface area (Å²) in [4.78, 5) is 19.7. The first-order valence-electron chi connectivity index (χ1n) is 7.95. The van der Waals surface area contributed by atoms with Crippen LogP contribution in [0, 0.1) is 0 Å². The van der Waals surface area contributed by atoms with Crippen LogP contribution in [-0.2, 0) is 6.54 Å². The van der Waals surface area contributed by atoms with E-state index in [4.69, 9.17) is 9.84 Å². The summed E-state index contributed by atoms with van der Waals surface area (Å²) in [5.74, 6) is 0.829. The van der Waals surface area contributed by atoms with Crippen LogP contribution in [0.1, 0.15) is 15.9 Å². The monoisotopic (exact) mass is 350 g/mol. The molecule has 3 aromatic rings. The Kier molecular flexibility index (Phi) is 5.28. The number of nitrogens with one attached hydrogen (secondary N) is 2. The Balaban J connectivity index is 1.70. The Hall–Kier alpha value is -3.61. The molecule has 0 aliphatic rings. The van der Waals surface area contributed by atoms with Gasteiger partial charge in [-0.1, -0.05) is 24.3 Å². The van der Waals surface area contributed by atoms with Gasteiger partial charge in [-0.05, 0) is 30.3 Å². The highest BCUT2D eigenvalue weighted by Crippen LogP contribution is 2.19. The van der Waals surface area contributed by atoms with Gasteiger partial charge >= 0.3 is 5.97 Å². The number of anilines is 3. The number of hydrogen-bond acceptors (Lipinski definition) is 6. The zero-order chi connectivity index (χ0) is 18.4. The fraction of sp³-hybridized carbons (Fsp3) is 0.105. The number of para-hydroxylation sites is 1. The number of benzene rings is 2. The molecule has 7 heteroatoms. The van der Waals surface area contributed by atoms with Gasteiger partial charge in [0.15, 0.2) is 0 Å². The minimum absolute atomic E-state index is 0.207. The number of nitrogens with zero attached hydrogens (tertiary/aromatic N) is 2. The van der Waals surface area contributed by atoms with Crippen molar-refractivity contribution in [2.75, 3.05) is 17.7 Å². The van der Waals surface area contributed by atoms with Crippen molar-refractivity contribution in [1.82, 2.24) is 9.97 Å². The molecule has 26 heavy (non-hydrogen) atoms. The van der Waals surface area contributed by atoms with Crippen LogP contribution in [0.15, 0.2) is 60.8 Å². The van der Waals surface area contributed by atoms with Gasteiger partial charge in [0.05, 0.1) is 12.7 Å². The Labute approximate surface area is 150 Å². The van der Waals surface area contributed by atoms with E-state index in [0.29, 0.717) is 24.0 Å². The molecule has 0 saturated heterocycles. The van der Waals surface area contributed by atoms with Crippen molar-refractivity contribution in [2.24, 2.45) is 0 Å². The average molecular weight is 350 g/mol. The molecule has 0 atom stereocenters. The number of rotatable bonds is 7. The molecule has 0 amide bonds. The highest BCUT2D eigenvalue weighted by molar-refractivity contribution is 5.89. The number of hydrogen-bond donors (Lipinski definition) is 3. The minimum atomic E-state index is -0.976. The first-order valence-corrected chi connectivity index (χ1v) is 7.95. The molecule has 132 valence electrons. The van der Waals surface area contributed by atoms with Crippen molar-refractivity contribution < 1.29 is 14.6 Å². The first kappa shape index (κ1) is 17.2. The third-order valence-corrected chi connectivity index (χ3v) is 3.67. The molecule has 0 aliphatic carbocycles. The van der Waals surface area contributed by atoms with Crippen LogP contribution in [0.25, 0.3) is 0 Å². The maximum atomic E-state index is 11.1. The highest BCUT2D eigenvalue weighted by atomic mass is 16.5. The van der Waals surface area contributed by atoms with E-state index < -0.39 is 5.97 Å². The summed E-state index contributed by atoms with van der Waals surface area (Å²) in [5.41, 5.74) is 1.84. The van der Waals surface area contributed by atoms with Gasteiger partial charge in [0, 0.05) is 24.0 Å². The van der Waals surface area contributed by atoms with Gasteiger partial charge in [0.25, 0.3) is 0 Å². The van der Waals surface area contributed by atoms with Crippen molar-refractivity contribution in [3.05, 3.63) is 71.9 Å². The second kappa shape index (κ2) is 7.98.